The van der Waals surface area contributed by atoms with E-state index >= 15 is 0 Å². The van der Waals surface area contributed by atoms with Gasteiger partial charge in [-0.25, -0.2) is 15.0 Å². The van der Waals surface area contributed by atoms with Crippen LogP contribution in [0.1, 0.15) is 49.3 Å². The zero-order valence-electron chi connectivity index (χ0n) is 18.8. The van der Waals surface area contributed by atoms with Gasteiger partial charge in [0.15, 0.2) is 0 Å². The Morgan fingerprint density at radius 1 is 1.20 bits per heavy atom. The second-order valence-electron chi connectivity index (χ2n) is 7.73. The topological polar surface area (TPSA) is 126 Å². The molecule has 0 fully saturated rings. The highest BCUT2D eigenvalue weighted by Crippen LogP contribution is 2.36. The number of halogens is 4. The van der Waals surface area contributed by atoms with Gasteiger partial charge in [0.25, 0.3) is 11.8 Å². The van der Waals surface area contributed by atoms with E-state index in [1.165, 1.54) is 18.6 Å². The van der Waals surface area contributed by atoms with E-state index in [2.05, 4.69) is 25.6 Å². The first-order valence-corrected chi connectivity index (χ1v) is 11.2. The molecule has 14 heteroatoms. The van der Waals surface area contributed by atoms with Crippen LogP contribution in [-0.2, 0) is 12.7 Å². The molecule has 0 aliphatic heterocycles. The fraction of sp³-hybridized carbons (Fsp3) is 0.286. The third-order valence-electron chi connectivity index (χ3n) is 4.66. The maximum Gasteiger partial charge on any atom is 0.417 e. The van der Waals surface area contributed by atoms with Crippen molar-refractivity contribution in [3.8, 4) is 0 Å². The minimum Gasteiger partial charge on any atom is -0.383 e. The van der Waals surface area contributed by atoms with Crippen molar-refractivity contribution >= 4 is 46.3 Å². The summed E-state index contributed by atoms with van der Waals surface area (Å²) >= 11 is 6.59. The van der Waals surface area contributed by atoms with Crippen LogP contribution in [0.4, 0.5) is 24.7 Å². The lowest BCUT2D eigenvalue weighted by atomic mass is 10.1. The summed E-state index contributed by atoms with van der Waals surface area (Å²) in [6.07, 6.45) is -2.19. The molecule has 0 aliphatic carbocycles. The second kappa shape index (κ2) is 10.5. The number of benzene rings is 1. The lowest BCUT2D eigenvalue weighted by molar-refractivity contribution is -0.137. The van der Waals surface area contributed by atoms with Gasteiger partial charge in [0.2, 0.25) is 0 Å². The summed E-state index contributed by atoms with van der Waals surface area (Å²) < 4.78 is 39.2. The van der Waals surface area contributed by atoms with Crippen molar-refractivity contribution in [2.45, 2.75) is 25.7 Å². The van der Waals surface area contributed by atoms with Crippen LogP contribution in [0.2, 0.25) is 5.02 Å². The van der Waals surface area contributed by atoms with Gasteiger partial charge in [-0.1, -0.05) is 11.6 Å². The van der Waals surface area contributed by atoms with Crippen molar-refractivity contribution in [3.05, 3.63) is 62.5 Å². The predicted molar refractivity (Wildman–Crippen MR) is 126 cm³/mol. The minimum absolute atomic E-state index is 0.0715. The van der Waals surface area contributed by atoms with Gasteiger partial charge in [-0.3, -0.25) is 9.59 Å². The molecular weight excluding hydrogens is 507 g/mol. The van der Waals surface area contributed by atoms with Crippen LogP contribution >= 0.6 is 22.9 Å². The Labute approximate surface area is 207 Å². The lowest BCUT2D eigenvalue weighted by Crippen LogP contribution is -2.30. The second-order valence-corrected chi connectivity index (χ2v) is 9.20. The number of nitrogens with zero attached hydrogens (tertiary/aromatic N) is 4. The third-order valence-corrected chi connectivity index (χ3v) is 6.17. The van der Waals surface area contributed by atoms with E-state index in [-0.39, 0.29) is 22.1 Å². The lowest BCUT2D eigenvalue weighted by Gasteiger charge is -2.16. The van der Waals surface area contributed by atoms with Gasteiger partial charge in [-0.15, -0.1) is 11.3 Å². The molecule has 2 aromatic heterocycles. The number of thiazole rings is 1. The summed E-state index contributed by atoms with van der Waals surface area (Å²) in [5.74, 6) is -0.958. The molecule has 186 valence electrons. The molecule has 1 aromatic carbocycles. The maximum atomic E-state index is 13.1. The van der Waals surface area contributed by atoms with E-state index in [1.807, 2.05) is 19.0 Å². The van der Waals surface area contributed by atoms with E-state index in [0.29, 0.717) is 17.1 Å². The van der Waals surface area contributed by atoms with Crippen LogP contribution in [0.5, 0.6) is 0 Å². The van der Waals surface area contributed by atoms with Crippen molar-refractivity contribution in [1.29, 1.82) is 0 Å². The van der Waals surface area contributed by atoms with Crippen molar-refractivity contribution in [2.24, 2.45) is 0 Å². The summed E-state index contributed by atoms with van der Waals surface area (Å²) in [5, 5.41) is 5.09. The number of rotatable bonds is 7. The standard InChI is InChI=1S/C21H21ClF3N7O2S/c1-10(30-19(34)16-12(8-32(2)3)17(26)29-9-28-16)20-27-7-15(35-20)18(33)31-11-4-5-14(22)13(6-11)21(23,24)25/h4-7,9-10H,8H2,1-3H3,(H,30,34)(H,31,33)(H2,26,28,29)/t10-/m1/s1. The predicted octanol–water partition coefficient (Wildman–Crippen LogP) is 3.99. The van der Waals surface area contributed by atoms with E-state index in [0.717, 1.165) is 23.5 Å². The number of carbonyl (C=O) groups is 2. The summed E-state index contributed by atoms with van der Waals surface area (Å²) in [4.78, 5) is 39.5. The average molecular weight is 528 g/mol. The Kier molecular flexibility index (Phi) is 7.93. The summed E-state index contributed by atoms with van der Waals surface area (Å²) in [7, 11) is 3.62. The minimum atomic E-state index is -4.66. The van der Waals surface area contributed by atoms with Crippen molar-refractivity contribution in [3.63, 3.8) is 0 Å². The number of hydrogen-bond acceptors (Lipinski definition) is 8. The molecule has 1 atom stereocenters. The van der Waals surface area contributed by atoms with Gasteiger partial charge < -0.3 is 21.3 Å². The van der Waals surface area contributed by atoms with Crippen molar-refractivity contribution < 1.29 is 22.8 Å². The van der Waals surface area contributed by atoms with E-state index in [4.69, 9.17) is 17.3 Å². The molecule has 9 nitrogen and oxygen atoms in total. The first kappa shape index (κ1) is 26.3. The number of nitrogens with one attached hydrogen (secondary N) is 2. The van der Waals surface area contributed by atoms with E-state index in [9.17, 15) is 22.8 Å². The van der Waals surface area contributed by atoms with Crippen LogP contribution < -0.4 is 16.4 Å². The molecule has 35 heavy (non-hydrogen) atoms. The van der Waals surface area contributed by atoms with Gasteiger partial charge in [0, 0.05) is 17.8 Å². The highest BCUT2D eigenvalue weighted by atomic mass is 35.5. The Hall–Kier alpha value is -3.29. The summed E-state index contributed by atoms with van der Waals surface area (Å²) in [5.41, 5.74) is 5.37. The molecule has 0 saturated carbocycles. The average Bonchev–Trinajstić information content (AvgIpc) is 3.26. The Morgan fingerprint density at radius 2 is 1.91 bits per heavy atom. The number of alkyl halides is 3. The molecule has 0 saturated heterocycles. The maximum absolute atomic E-state index is 13.1. The molecule has 0 spiro atoms. The third kappa shape index (κ3) is 6.44. The normalized spacial score (nSPS) is 12.5. The number of hydrogen-bond donors (Lipinski definition) is 3. The first-order valence-electron chi connectivity index (χ1n) is 10.1. The zero-order valence-corrected chi connectivity index (χ0v) is 20.3. The van der Waals surface area contributed by atoms with Gasteiger partial charge in [-0.05, 0) is 39.2 Å². The van der Waals surface area contributed by atoms with E-state index in [1.54, 1.807) is 6.92 Å². The number of carbonyl (C=O) groups excluding carboxylic acids is 2. The monoisotopic (exact) mass is 527 g/mol. The van der Waals surface area contributed by atoms with Crippen LogP contribution in [0.15, 0.2) is 30.7 Å². The molecule has 2 heterocycles. The quantitative estimate of drug-likeness (QED) is 0.424. The Balaban J connectivity index is 1.72. The molecule has 0 aliphatic rings. The van der Waals surface area contributed by atoms with Crippen LogP contribution in [0, 0.1) is 0 Å². The van der Waals surface area contributed by atoms with Crippen LogP contribution in [0.3, 0.4) is 0 Å². The molecule has 3 aromatic rings. The summed E-state index contributed by atoms with van der Waals surface area (Å²) in [6.45, 7) is 2.02. The van der Waals surface area contributed by atoms with Gasteiger partial charge in [0.05, 0.1) is 22.8 Å². The molecular formula is C21H21ClF3N7O2S. The molecule has 0 radical (unpaired) electrons. The fourth-order valence-corrected chi connectivity index (χ4v) is 4.07. The first-order chi connectivity index (χ1) is 16.4. The van der Waals surface area contributed by atoms with Crippen molar-refractivity contribution in [2.75, 3.05) is 25.1 Å². The molecule has 3 rings (SSSR count). The SMILES string of the molecule is C[C@@H](NC(=O)c1ncnc(N)c1CN(C)C)c1ncc(C(=O)Nc2ccc(Cl)c(C(F)(F)F)c2)s1. The number of amides is 2. The number of nitrogens with two attached hydrogens (primary N) is 1. The molecule has 0 unspecified atom stereocenters. The highest BCUT2D eigenvalue weighted by molar-refractivity contribution is 7.13. The van der Waals surface area contributed by atoms with Gasteiger partial charge in [0.1, 0.15) is 27.7 Å². The number of anilines is 2. The van der Waals surface area contributed by atoms with E-state index < -0.39 is 34.6 Å². The highest BCUT2D eigenvalue weighted by Gasteiger charge is 2.33. The fourth-order valence-electron chi connectivity index (χ4n) is 3.03. The number of nitrogen functional groups attached to an aromatic ring is 1. The molecule has 2 amide bonds. The largest absolute Gasteiger partial charge is 0.417 e. The zero-order chi connectivity index (χ0) is 25.9. The van der Waals surface area contributed by atoms with Gasteiger partial charge in [-0.2, -0.15) is 13.2 Å². The molecule has 4 N–H and O–H groups in total. The van der Waals surface area contributed by atoms with Crippen LogP contribution in [-0.4, -0.2) is 45.8 Å². The van der Waals surface area contributed by atoms with Gasteiger partial charge >= 0.3 is 6.18 Å². The number of aromatic nitrogens is 3. The Morgan fingerprint density at radius 3 is 2.57 bits per heavy atom. The van der Waals surface area contributed by atoms with Crippen molar-refractivity contribution in [1.82, 2.24) is 25.2 Å². The van der Waals surface area contributed by atoms with Crippen LogP contribution in [0.25, 0.3) is 0 Å². The summed E-state index contributed by atoms with van der Waals surface area (Å²) in [6, 6.07) is 2.48. The smallest absolute Gasteiger partial charge is 0.383 e. The molecule has 0 bridgehead atoms. The Bertz CT molecular complexity index is 1250.